The lowest BCUT2D eigenvalue weighted by Gasteiger charge is -2.21. The topological polar surface area (TPSA) is 89.0 Å². The van der Waals surface area contributed by atoms with Crippen LogP contribution in [0, 0.1) is 5.92 Å². The summed E-state index contributed by atoms with van der Waals surface area (Å²) in [6.45, 7) is 7.34. The molecule has 24 heavy (non-hydrogen) atoms. The molecule has 0 aromatic rings. The normalized spacial score (nSPS) is 17.0. The first-order valence-electron chi connectivity index (χ1n) is 8.86. The maximum Gasteiger partial charge on any atom is 0.191 e. The zero-order chi connectivity index (χ0) is 17.7. The molecule has 0 aliphatic carbocycles. The van der Waals surface area contributed by atoms with Gasteiger partial charge in [-0.05, 0) is 38.5 Å². The fourth-order valence-corrected chi connectivity index (χ4v) is 3.06. The highest BCUT2D eigenvalue weighted by Gasteiger charge is 2.13. The molecule has 1 aliphatic rings. The Labute approximate surface area is 146 Å². The van der Waals surface area contributed by atoms with Gasteiger partial charge in [-0.1, -0.05) is 0 Å². The van der Waals surface area contributed by atoms with Gasteiger partial charge in [-0.25, -0.2) is 8.42 Å². The number of nitrogens with zero attached hydrogens (tertiary/aromatic N) is 1. The van der Waals surface area contributed by atoms with Crippen molar-refractivity contribution >= 4 is 15.8 Å². The van der Waals surface area contributed by atoms with Gasteiger partial charge in [0, 0.05) is 52.3 Å². The lowest BCUT2D eigenvalue weighted by Crippen LogP contribution is -2.38. The predicted molar refractivity (Wildman–Crippen MR) is 97.3 cm³/mol. The fourth-order valence-electron chi connectivity index (χ4n) is 2.40. The van der Waals surface area contributed by atoms with E-state index in [1.807, 2.05) is 6.92 Å². The smallest absolute Gasteiger partial charge is 0.191 e. The maximum atomic E-state index is 11.1. The number of guanidine groups is 1. The van der Waals surface area contributed by atoms with E-state index in [0.29, 0.717) is 18.9 Å². The molecule has 0 aromatic carbocycles. The number of aliphatic imine (C=N–C) groups is 1. The van der Waals surface area contributed by atoms with Crippen molar-refractivity contribution in [1.29, 1.82) is 0 Å². The second kappa shape index (κ2) is 12.5. The van der Waals surface area contributed by atoms with Crippen molar-refractivity contribution < 1.29 is 17.9 Å². The van der Waals surface area contributed by atoms with Gasteiger partial charge < -0.3 is 20.1 Å². The monoisotopic (exact) mass is 363 g/mol. The van der Waals surface area contributed by atoms with Crippen molar-refractivity contribution in [2.45, 2.75) is 32.6 Å². The Hall–Kier alpha value is -0.860. The van der Waals surface area contributed by atoms with Gasteiger partial charge in [-0.3, -0.25) is 4.99 Å². The molecule has 142 valence electrons. The second-order valence-corrected chi connectivity index (χ2v) is 8.41. The number of nitrogens with one attached hydrogen (secondary N) is 2. The average molecular weight is 364 g/mol. The molecular weight excluding hydrogens is 330 g/mol. The first kappa shape index (κ1) is 21.2. The number of ether oxygens (including phenoxy) is 2. The van der Waals surface area contributed by atoms with Crippen LogP contribution < -0.4 is 10.6 Å². The Morgan fingerprint density at radius 2 is 2.00 bits per heavy atom. The zero-order valence-electron chi connectivity index (χ0n) is 15.1. The summed E-state index contributed by atoms with van der Waals surface area (Å²) >= 11 is 0. The molecular formula is C16H33N3O4S. The van der Waals surface area contributed by atoms with Crippen LogP contribution in [0.4, 0.5) is 0 Å². The summed E-state index contributed by atoms with van der Waals surface area (Å²) in [6.07, 6.45) is 4.91. The third-order valence-electron chi connectivity index (χ3n) is 3.74. The molecule has 7 nitrogen and oxygen atoms in total. The van der Waals surface area contributed by atoms with E-state index in [2.05, 4.69) is 15.6 Å². The van der Waals surface area contributed by atoms with Crippen molar-refractivity contribution in [3.63, 3.8) is 0 Å². The highest BCUT2D eigenvalue weighted by molar-refractivity contribution is 7.90. The third kappa shape index (κ3) is 11.6. The molecule has 0 spiro atoms. The van der Waals surface area contributed by atoms with Crippen LogP contribution in [0.5, 0.6) is 0 Å². The minimum Gasteiger partial charge on any atom is -0.381 e. The summed E-state index contributed by atoms with van der Waals surface area (Å²) in [6, 6.07) is 0. The van der Waals surface area contributed by atoms with Crippen molar-refractivity contribution in [2.24, 2.45) is 10.9 Å². The maximum absolute atomic E-state index is 11.1. The molecule has 1 saturated heterocycles. The van der Waals surface area contributed by atoms with E-state index in [0.717, 1.165) is 64.7 Å². The minimum atomic E-state index is -2.91. The number of hydrogen-bond acceptors (Lipinski definition) is 5. The van der Waals surface area contributed by atoms with E-state index in [9.17, 15) is 8.42 Å². The predicted octanol–water partition coefficient (Wildman–Crippen LogP) is 0.810. The highest BCUT2D eigenvalue weighted by atomic mass is 32.2. The lowest BCUT2D eigenvalue weighted by atomic mass is 10.0. The van der Waals surface area contributed by atoms with E-state index >= 15 is 0 Å². The second-order valence-electron chi connectivity index (χ2n) is 6.16. The summed E-state index contributed by atoms with van der Waals surface area (Å²) in [5.74, 6) is 1.55. The van der Waals surface area contributed by atoms with E-state index in [4.69, 9.17) is 9.47 Å². The molecule has 0 bridgehead atoms. The molecule has 1 aliphatic heterocycles. The summed E-state index contributed by atoms with van der Waals surface area (Å²) in [4.78, 5) is 4.38. The van der Waals surface area contributed by atoms with Crippen molar-refractivity contribution in [2.75, 3.05) is 58.1 Å². The average Bonchev–Trinajstić information content (AvgIpc) is 2.54. The van der Waals surface area contributed by atoms with Gasteiger partial charge in [0.2, 0.25) is 0 Å². The van der Waals surface area contributed by atoms with Gasteiger partial charge in [0.05, 0.1) is 5.75 Å². The molecule has 8 heteroatoms. The van der Waals surface area contributed by atoms with Gasteiger partial charge in [0.25, 0.3) is 0 Å². The molecule has 0 atom stereocenters. The van der Waals surface area contributed by atoms with Gasteiger partial charge in [0.1, 0.15) is 9.84 Å². The van der Waals surface area contributed by atoms with Crippen LogP contribution in [0.25, 0.3) is 0 Å². The Bertz CT molecular complexity index is 448. The van der Waals surface area contributed by atoms with Crippen molar-refractivity contribution in [3.8, 4) is 0 Å². The summed E-state index contributed by atoms with van der Waals surface area (Å²) in [5.41, 5.74) is 0. The Morgan fingerprint density at radius 1 is 1.25 bits per heavy atom. The molecule has 0 unspecified atom stereocenters. The molecule has 0 radical (unpaired) electrons. The Balaban J connectivity index is 2.09. The van der Waals surface area contributed by atoms with Crippen LogP contribution in [0.15, 0.2) is 4.99 Å². The highest BCUT2D eigenvalue weighted by Crippen LogP contribution is 2.14. The van der Waals surface area contributed by atoms with Crippen molar-refractivity contribution in [1.82, 2.24) is 10.6 Å². The molecule has 0 amide bonds. The third-order valence-corrected chi connectivity index (χ3v) is 4.77. The molecule has 2 N–H and O–H groups in total. The Morgan fingerprint density at radius 3 is 2.67 bits per heavy atom. The summed E-state index contributed by atoms with van der Waals surface area (Å²) < 4.78 is 33.2. The van der Waals surface area contributed by atoms with Gasteiger partial charge in [-0.2, -0.15) is 0 Å². The lowest BCUT2D eigenvalue weighted by molar-refractivity contribution is 0.0203. The van der Waals surface area contributed by atoms with E-state index in [-0.39, 0.29) is 5.75 Å². The largest absolute Gasteiger partial charge is 0.381 e. The van der Waals surface area contributed by atoms with Crippen LogP contribution in [0.1, 0.15) is 32.6 Å². The summed E-state index contributed by atoms with van der Waals surface area (Å²) in [5, 5.41) is 6.40. The van der Waals surface area contributed by atoms with Crippen LogP contribution in [-0.2, 0) is 19.3 Å². The first-order valence-corrected chi connectivity index (χ1v) is 10.9. The quantitative estimate of drug-likeness (QED) is 0.321. The van der Waals surface area contributed by atoms with Crippen LogP contribution >= 0.6 is 0 Å². The fraction of sp³-hybridized carbons (Fsp3) is 0.938. The van der Waals surface area contributed by atoms with E-state index in [1.165, 1.54) is 6.26 Å². The van der Waals surface area contributed by atoms with E-state index < -0.39 is 9.84 Å². The van der Waals surface area contributed by atoms with Crippen LogP contribution in [-0.4, -0.2) is 72.4 Å². The van der Waals surface area contributed by atoms with Gasteiger partial charge in [-0.15, -0.1) is 0 Å². The molecule has 1 rings (SSSR count). The molecule has 1 fully saturated rings. The Kier molecular flexibility index (Phi) is 11.0. The van der Waals surface area contributed by atoms with Crippen LogP contribution in [0.3, 0.4) is 0 Å². The SMILES string of the molecule is CCNC(=NCCCS(C)(=O)=O)NCCCOCC1CCOCC1. The number of rotatable bonds is 11. The minimum absolute atomic E-state index is 0.177. The van der Waals surface area contributed by atoms with E-state index in [1.54, 1.807) is 0 Å². The van der Waals surface area contributed by atoms with Gasteiger partial charge in [0.15, 0.2) is 5.96 Å². The van der Waals surface area contributed by atoms with Crippen LogP contribution in [0.2, 0.25) is 0 Å². The molecule has 0 aromatic heterocycles. The molecule has 1 heterocycles. The summed E-state index contributed by atoms with van der Waals surface area (Å²) in [7, 11) is -2.91. The first-order chi connectivity index (χ1) is 11.5. The number of sulfone groups is 1. The number of hydrogen-bond donors (Lipinski definition) is 2. The van der Waals surface area contributed by atoms with Crippen molar-refractivity contribution in [3.05, 3.63) is 0 Å². The van der Waals surface area contributed by atoms with Gasteiger partial charge >= 0.3 is 0 Å². The molecule has 0 saturated carbocycles. The zero-order valence-corrected chi connectivity index (χ0v) is 15.9. The standard InChI is InChI=1S/C16H33N3O4S/c1-3-17-16(19-9-5-13-24(2,20)21)18-8-4-10-23-14-15-6-11-22-12-7-15/h15H,3-14H2,1-2H3,(H2,17,18,19).